The molecule has 0 bridgehead atoms. The van der Waals surface area contributed by atoms with Crippen LogP contribution in [0.25, 0.3) is 5.76 Å². The van der Waals surface area contributed by atoms with Gasteiger partial charge in [-0.2, -0.15) is 0 Å². The van der Waals surface area contributed by atoms with Crippen LogP contribution in [0.5, 0.6) is 17.2 Å². The predicted octanol–water partition coefficient (Wildman–Crippen LogP) is 6.73. The highest BCUT2D eigenvalue weighted by Gasteiger charge is 2.48. The van der Waals surface area contributed by atoms with Gasteiger partial charge in [0, 0.05) is 11.3 Å². The van der Waals surface area contributed by atoms with Gasteiger partial charge in [-0.3, -0.25) is 14.5 Å². The molecule has 1 unspecified atom stereocenters. The van der Waals surface area contributed by atoms with Crippen LogP contribution >= 0.6 is 0 Å². The fraction of sp³-hybridized carbons (Fsp3) is 0.161. The zero-order valence-electron chi connectivity index (χ0n) is 21.0. The minimum atomic E-state index is -0.953. The van der Waals surface area contributed by atoms with Crippen LogP contribution in [0.15, 0.2) is 107 Å². The fourth-order valence-corrected chi connectivity index (χ4v) is 4.27. The van der Waals surface area contributed by atoms with E-state index in [1.807, 2.05) is 44.2 Å². The number of hydrogen-bond donors (Lipinski definition) is 1. The molecule has 1 aromatic heterocycles. The number of rotatable bonds is 8. The summed E-state index contributed by atoms with van der Waals surface area (Å²) in [6, 6.07) is 25.4. The first-order valence-electron chi connectivity index (χ1n) is 12.3. The van der Waals surface area contributed by atoms with E-state index in [1.165, 1.54) is 11.2 Å². The van der Waals surface area contributed by atoms with Gasteiger partial charge in [-0.1, -0.05) is 44.2 Å². The van der Waals surface area contributed by atoms with Crippen molar-refractivity contribution in [2.75, 3.05) is 11.5 Å². The third-order valence-corrected chi connectivity index (χ3v) is 6.04. The highest BCUT2D eigenvalue weighted by Crippen LogP contribution is 2.43. The third-order valence-electron chi connectivity index (χ3n) is 6.04. The van der Waals surface area contributed by atoms with Gasteiger partial charge in [0.2, 0.25) is 0 Å². The summed E-state index contributed by atoms with van der Waals surface area (Å²) in [5.41, 5.74) is 0.768. The number of furan rings is 1. The molecule has 1 fully saturated rings. The molecular formula is C31H27NO6. The van der Waals surface area contributed by atoms with Crippen LogP contribution in [0.3, 0.4) is 0 Å². The summed E-state index contributed by atoms with van der Waals surface area (Å²) < 4.78 is 17.3. The molecule has 1 amide bonds. The summed E-state index contributed by atoms with van der Waals surface area (Å²) >= 11 is 0. The first-order valence-corrected chi connectivity index (χ1v) is 12.3. The average Bonchev–Trinajstić information content (AvgIpc) is 3.55. The number of amides is 1. The molecule has 1 N–H and O–H groups in total. The van der Waals surface area contributed by atoms with Gasteiger partial charge in [0.15, 0.2) is 0 Å². The number of ketones is 1. The van der Waals surface area contributed by atoms with Gasteiger partial charge >= 0.3 is 0 Å². The van der Waals surface area contributed by atoms with E-state index in [0.717, 1.165) is 0 Å². The number of Topliss-reactive ketones (excluding diaryl/α,β-unsaturated/α-hetero) is 1. The molecule has 5 rings (SSSR count). The highest BCUT2D eigenvalue weighted by atomic mass is 16.5. The second-order valence-corrected chi connectivity index (χ2v) is 9.33. The predicted molar refractivity (Wildman–Crippen MR) is 143 cm³/mol. The minimum Gasteiger partial charge on any atom is -0.507 e. The summed E-state index contributed by atoms with van der Waals surface area (Å²) in [4.78, 5) is 28.0. The van der Waals surface area contributed by atoms with Crippen LogP contribution in [0.4, 0.5) is 5.69 Å². The van der Waals surface area contributed by atoms with Crippen molar-refractivity contribution in [1.29, 1.82) is 0 Å². The molecule has 7 heteroatoms. The van der Waals surface area contributed by atoms with Crippen molar-refractivity contribution >= 4 is 23.1 Å². The van der Waals surface area contributed by atoms with Gasteiger partial charge in [-0.15, -0.1) is 0 Å². The molecule has 1 saturated heterocycles. The Bertz CT molecular complexity index is 1460. The Morgan fingerprint density at radius 2 is 1.61 bits per heavy atom. The van der Waals surface area contributed by atoms with Crippen LogP contribution in [-0.2, 0) is 9.59 Å². The zero-order chi connectivity index (χ0) is 26.6. The number of hydrogen-bond acceptors (Lipinski definition) is 6. The quantitative estimate of drug-likeness (QED) is 0.161. The molecule has 7 nitrogen and oxygen atoms in total. The standard InChI is InChI=1S/C31H27NO6/c1-20(2)19-37-25-11-6-8-21(18-25)29(33)27-28(26-12-7-17-36-26)32(31(35)30(27)34)22-13-15-24(16-14-22)38-23-9-4-3-5-10-23/h3-18,20,28,33H,19H2,1-2H3/b29-27-. The number of para-hydroxylation sites is 1. The summed E-state index contributed by atoms with van der Waals surface area (Å²) in [5.74, 6) is 0.606. The topological polar surface area (TPSA) is 89.2 Å². The number of nitrogens with zero attached hydrogens (tertiary/aromatic N) is 1. The highest BCUT2D eigenvalue weighted by molar-refractivity contribution is 6.51. The molecule has 1 aliphatic rings. The molecule has 1 atom stereocenters. The normalized spacial score (nSPS) is 16.7. The van der Waals surface area contributed by atoms with Crippen LogP contribution in [0.2, 0.25) is 0 Å². The lowest BCUT2D eigenvalue weighted by atomic mass is 9.99. The number of benzene rings is 3. The molecule has 0 spiro atoms. The smallest absolute Gasteiger partial charge is 0.300 e. The van der Waals surface area contributed by atoms with Crippen LogP contribution in [0.1, 0.15) is 31.2 Å². The lowest BCUT2D eigenvalue weighted by molar-refractivity contribution is -0.132. The van der Waals surface area contributed by atoms with Crippen molar-refractivity contribution in [3.05, 3.63) is 114 Å². The molecule has 1 aliphatic heterocycles. The second-order valence-electron chi connectivity index (χ2n) is 9.33. The lowest BCUT2D eigenvalue weighted by Gasteiger charge is -2.23. The number of carbonyl (C=O) groups excluding carboxylic acids is 2. The van der Waals surface area contributed by atoms with Crippen molar-refractivity contribution in [3.63, 3.8) is 0 Å². The Hall–Kier alpha value is -4.78. The number of aliphatic hydroxyl groups is 1. The first kappa shape index (κ1) is 24.9. The SMILES string of the molecule is CC(C)COc1cccc(/C(O)=C2/C(=O)C(=O)N(c3ccc(Oc4ccccc4)cc3)C2c2ccco2)c1. The minimum absolute atomic E-state index is 0.0597. The maximum Gasteiger partial charge on any atom is 0.300 e. The van der Waals surface area contributed by atoms with Gasteiger partial charge in [0.25, 0.3) is 11.7 Å². The average molecular weight is 510 g/mol. The van der Waals surface area contributed by atoms with Crippen molar-refractivity contribution in [2.45, 2.75) is 19.9 Å². The van der Waals surface area contributed by atoms with Crippen molar-refractivity contribution in [2.24, 2.45) is 5.92 Å². The van der Waals surface area contributed by atoms with E-state index < -0.39 is 17.7 Å². The summed E-state index contributed by atoms with van der Waals surface area (Å²) in [6.07, 6.45) is 1.46. The molecule has 2 heterocycles. The van der Waals surface area contributed by atoms with E-state index in [-0.39, 0.29) is 11.3 Å². The third kappa shape index (κ3) is 5.04. The zero-order valence-corrected chi connectivity index (χ0v) is 21.0. The van der Waals surface area contributed by atoms with Gasteiger partial charge in [0.1, 0.15) is 34.8 Å². The molecule has 0 radical (unpaired) electrons. The number of aliphatic hydroxyl groups excluding tert-OH is 1. The maximum absolute atomic E-state index is 13.3. The Balaban J connectivity index is 1.52. The van der Waals surface area contributed by atoms with Crippen molar-refractivity contribution in [1.82, 2.24) is 0 Å². The summed E-state index contributed by atoms with van der Waals surface area (Å²) in [5, 5.41) is 11.3. The molecule has 38 heavy (non-hydrogen) atoms. The molecule has 192 valence electrons. The van der Waals surface area contributed by atoms with Crippen LogP contribution in [0, 0.1) is 5.92 Å². The first-order chi connectivity index (χ1) is 18.4. The fourth-order valence-electron chi connectivity index (χ4n) is 4.27. The van der Waals surface area contributed by atoms with Crippen molar-refractivity contribution in [3.8, 4) is 17.2 Å². The van der Waals surface area contributed by atoms with Crippen LogP contribution < -0.4 is 14.4 Å². The molecule has 0 saturated carbocycles. The van der Waals surface area contributed by atoms with Gasteiger partial charge < -0.3 is 19.0 Å². The lowest BCUT2D eigenvalue weighted by Crippen LogP contribution is -2.29. The molecular weight excluding hydrogens is 482 g/mol. The van der Waals surface area contributed by atoms with Gasteiger partial charge in [0.05, 0.1) is 18.4 Å². The molecule has 3 aromatic carbocycles. The van der Waals surface area contributed by atoms with Crippen LogP contribution in [-0.4, -0.2) is 23.4 Å². The monoisotopic (exact) mass is 509 g/mol. The van der Waals surface area contributed by atoms with E-state index in [4.69, 9.17) is 13.9 Å². The molecule has 4 aromatic rings. The number of anilines is 1. The Kier molecular flexibility index (Phi) is 7.00. The number of carbonyl (C=O) groups is 2. The maximum atomic E-state index is 13.3. The van der Waals surface area contributed by atoms with E-state index in [9.17, 15) is 14.7 Å². The van der Waals surface area contributed by atoms with E-state index in [1.54, 1.807) is 60.7 Å². The molecule has 0 aliphatic carbocycles. The van der Waals surface area contributed by atoms with Gasteiger partial charge in [-0.05, 0) is 66.6 Å². The van der Waals surface area contributed by atoms with E-state index in [0.29, 0.717) is 46.8 Å². The number of ether oxygens (including phenoxy) is 2. The summed E-state index contributed by atoms with van der Waals surface area (Å²) in [7, 11) is 0. The Labute approximate surface area is 220 Å². The largest absolute Gasteiger partial charge is 0.507 e. The van der Waals surface area contributed by atoms with E-state index >= 15 is 0 Å². The van der Waals surface area contributed by atoms with E-state index in [2.05, 4.69) is 0 Å². The van der Waals surface area contributed by atoms with Crippen molar-refractivity contribution < 1.29 is 28.6 Å². The van der Waals surface area contributed by atoms with Gasteiger partial charge in [-0.25, -0.2) is 0 Å². The Morgan fingerprint density at radius 3 is 2.29 bits per heavy atom. The Morgan fingerprint density at radius 1 is 0.895 bits per heavy atom. The summed E-state index contributed by atoms with van der Waals surface area (Å²) in [6.45, 7) is 4.58. The second kappa shape index (κ2) is 10.7.